The second-order valence-corrected chi connectivity index (χ2v) is 4.67. The Labute approximate surface area is 118 Å². The first-order chi connectivity index (χ1) is 9.51. The highest BCUT2D eigenvalue weighted by Gasteiger charge is 2.06. The van der Waals surface area contributed by atoms with Crippen LogP contribution >= 0.6 is 0 Å². The number of carboxylic acid groups (broad SMARTS) is 1. The van der Waals surface area contributed by atoms with E-state index in [0.29, 0.717) is 12.1 Å². The molecule has 1 amide bonds. The number of benzene rings is 1. The molecule has 0 spiro atoms. The first-order valence-electron chi connectivity index (χ1n) is 6.73. The summed E-state index contributed by atoms with van der Waals surface area (Å²) in [5, 5.41) is 11.3. The van der Waals surface area contributed by atoms with Crippen molar-refractivity contribution in [1.29, 1.82) is 0 Å². The van der Waals surface area contributed by atoms with Crippen molar-refractivity contribution in [2.45, 2.75) is 39.2 Å². The molecule has 0 bridgehead atoms. The lowest BCUT2D eigenvalue weighted by molar-refractivity contribution is -0.137. The zero-order valence-corrected chi connectivity index (χ0v) is 11.9. The summed E-state index contributed by atoms with van der Waals surface area (Å²) in [5.74, 6) is -1.01. The van der Waals surface area contributed by atoms with Gasteiger partial charge in [-0.3, -0.25) is 9.59 Å². The summed E-state index contributed by atoms with van der Waals surface area (Å²) in [7, 11) is 0. The van der Waals surface area contributed by atoms with Crippen molar-refractivity contribution in [2.75, 3.05) is 11.9 Å². The van der Waals surface area contributed by atoms with Gasteiger partial charge >= 0.3 is 5.97 Å². The van der Waals surface area contributed by atoms with E-state index in [1.807, 2.05) is 26.0 Å². The van der Waals surface area contributed by atoms with Crippen molar-refractivity contribution in [1.82, 2.24) is 0 Å². The number of anilines is 1. The summed E-state index contributed by atoms with van der Waals surface area (Å²) in [6.07, 6.45) is 1.53. The van der Waals surface area contributed by atoms with Gasteiger partial charge in [0, 0.05) is 12.1 Å². The lowest BCUT2D eigenvalue weighted by Gasteiger charge is -2.11. The normalized spacial score (nSPS) is 11.9. The number of aliphatic carboxylic acids is 1. The van der Waals surface area contributed by atoms with E-state index in [1.165, 1.54) is 0 Å². The number of amides is 1. The van der Waals surface area contributed by atoms with E-state index in [1.54, 1.807) is 12.1 Å². The third-order valence-corrected chi connectivity index (χ3v) is 2.94. The van der Waals surface area contributed by atoms with Crippen molar-refractivity contribution in [3.8, 4) is 0 Å². The van der Waals surface area contributed by atoms with E-state index < -0.39 is 5.97 Å². The van der Waals surface area contributed by atoms with Gasteiger partial charge in [-0.05, 0) is 37.5 Å². The van der Waals surface area contributed by atoms with Crippen molar-refractivity contribution in [3.63, 3.8) is 0 Å². The summed E-state index contributed by atoms with van der Waals surface area (Å²) in [6.45, 7) is 3.96. The molecular formula is C15H21NO4. The Morgan fingerprint density at radius 3 is 2.50 bits per heavy atom. The minimum atomic E-state index is -0.815. The highest BCUT2D eigenvalue weighted by molar-refractivity contribution is 5.91. The van der Waals surface area contributed by atoms with Crippen molar-refractivity contribution < 1.29 is 19.4 Å². The van der Waals surface area contributed by atoms with Crippen molar-refractivity contribution in [2.24, 2.45) is 0 Å². The van der Waals surface area contributed by atoms with Gasteiger partial charge in [-0.25, -0.2) is 0 Å². The Morgan fingerprint density at radius 1 is 1.30 bits per heavy atom. The molecule has 1 atom stereocenters. The Bertz CT molecular complexity index is 442. The maximum Gasteiger partial charge on any atom is 0.303 e. The molecule has 1 rings (SSSR count). The molecule has 0 fully saturated rings. The molecule has 0 heterocycles. The molecule has 5 heteroatoms. The van der Waals surface area contributed by atoms with Gasteiger partial charge < -0.3 is 15.2 Å². The number of aryl methyl sites for hydroxylation is 1. The number of rotatable bonds is 8. The molecule has 0 radical (unpaired) electrons. The number of hydrogen-bond donors (Lipinski definition) is 2. The lowest BCUT2D eigenvalue weighted by atomic mass is 10.1. The fraction of sp³-hybridized carbons (Fsp3) is 0.467. The standard InChI is InChI=1S/C15H21NO4/c1-3-11(2)20-10-14(17)16-13-7-4-12(5-8-13)6-9-15(18)19/h4-5,7-8,11H,3,6,9-10H2,1-2H3,(H,16,17)(H,18,19). The maximum absolute atomic E-state index is 11.6. The zero-order chi connectivity index (χ0) is 15.0. The van der Waals surface area contributed by atoms with E-state index in [0.717, 1.165) is 12.0 Å². The summed E-state index contributed by atoms with van der Waals surface area (Å²) in [6, 6.07) is 7.15. The molecule has 0 aliphatic carbocycles. The molecule has 0 saturated carbocycles. The van der Waals surface area contributed by atoms with Crippen LogP contribution in [0.4, 0.5) is 5.69 Å². The maximum atomic E-state index is 11.6. The predicted octanol–water partition coefficient (Wildman–Crippen LogP) is 2.46. The largest absolute Gasteiger partial charge is 0.481 e. The second kappa shape index (κ2) is 8.32. The number of ether oxygens (including phenoxy) is 1. The number of carbonyl (C=O) groups is 2. The van der Waals surface area contributed by atoms with Gasteiger partial charge in [-0.2, -0.15) is 0 Å². The van der Waals surface area contributed by atoms with Crippen LogP contribution in [0.5, 0.6) is 0 Å². The molecule has 20 heavy (non-hydrogen) atoms. The summed E-state index contributed by atoms with van der Waals surface area (Å²) < 4.78 is 5.34. The molecule has 1 aromatic rings. The highest BCUT2D eigenvalue weighted by Crippen LogP contribution is 2.11. The van der Waals surface area contributed by atoms with E-state index >= 15 is 0 Å². The summed E-state index contributed by atoms with van der Waals surface area (Å²) >= 11 is 0. The molecule has 2 N–H and O–H groups in total. The average Bonchev–Trinajstić information content (AvgIpc) is 2.44. The van der Waals surface area contributed by atoms with Crippen molar-refractivity contribution in [3.05, 3.63) is 29.8 Å². The van der Waals surface area contributed by atoms with Gasteiger partial charge in [-0.1, -0.05) is 19.1 Å². The van der Waals surface area contributed by atoms with Crippen LogP contribution in [0.3, 0.4) is 0 Å². The van der Waals surface area contributed by atoms with Gasteiger partial charge in [0.05, 0.1) is 6.10 Å². The first kappa shape index (κ1) is 16.2. The Hall–Kier alpha value is -1.88. The highest BCUT2D eigenvalue weighted by atomic mass is 16.5. The quantitative estimate of drug-likeness (QED) is 0.766. The van der Waals surface area contributed by atoms with E-state index in [4.69, 9.17) is 9.84 Å². The number of carbonyl (C=O) groups excluding carboxylic acids is 1. The van der Waals surface area contributed by atoms with E-state index in [9.17, 15) is 9.59 Å². The summed E-state index contributed by atoms with van der Waals surface area (Å²) in [5.41, 5.74) is 1.61. The Balaban J connectivity index is 2.40. The Morgan fingerprint density at radius 2 is 1.95 bits per heavy atom. The molecule has 5 nitrogen and oxygen atoms in total. The molecule has 0 aromatic heterocycles. The second-order valence-electron chi connectivity index (χ2n) is 4.67. The minimum absolute atomic E-state index is 0.0375. The van der Waals surface area contributed by atoms with E-state index in [-0.39, 0.29) is 25.0 Å². The molecule has 1 unspecified atom stereocenters. The first-order valence-corrected chi connectivity index (χ1v) is 6.73. The lowest BCUT2D eigenvalue weighted by Crippen LogP contribution is -2.21. The molecule has 1 aromatic carbocycles. The monoisotopic (exact) mass is 279 g/mol. The molecule has 0 aliphatic rings. The molecule has 0 saturated heterocycles. The van der Waals surface area contributed by atoms with Crippen molar-refractivity contribution >= 4 is 17.6 Å². The van der Waals surface area contributed by atoms with Gasteiger partial charge in [0.25, 0.3) is 0 Å². The van der Waals surface area contributed by atoms with Gasteiger partial charge in [0.15, 0.2) is 0 Å². The van der Waals surface area contributed by atoms with Crippen LogP contribution < -0.4 is 5.32 Å². The predicted molar refractivity (Wildman–Crippen MR) is 76.7 cm³/mol. The fourth-order valence-corrected chi connectivity index (χ4v) is 1.54. The number of carboxylic acids is 1. The zero-order valence-electron chi connectivity index (χ0n) is 11.9. The molecular weight excluding hydrogens is 258 g/mol. The Kier molecular flexibility index (Phi) is 6.73. The molecule has 110 valence electrons. The average molecular weight is 279 g/mol. The smallest absolute Gasteiger partial charge is 0.303 e. The number of nitrogens with one attached hydrogen (secondary N) is 1. The van der Waals surface area contributed by atoms with Crippen LogP contribution in [0.15, 0.2) is 24.3 Å². The van der Waals surface area contributed by atoms with Crippen LogP contribution in [0.25, 0.3) is 0 Å². The summed E-state index contributed by atoms with van der Waals surface area (Å²) in [4.78, 5) is 22.1. The third-order valence-electron chi connectivity index (χ3n) is 2.94. The van der Waals surface area contributed by atoms with Gasteiger partial charge in [-0.15, -0.1) is 0 Å². The van der Waals surface area contributed by atoms with Crippen LogP contribution in [0, 0.1) is 0 Å². The van der Waals surface area contributed by atoms with Crippen LogP contribution in [-0.4, -0.2) is 29.7 Å². The van der Waals surface area contributed by atoms with Crippen LogP contribution in [-0.2, 0) is 20.7 Å². The molecule has 0 aliphatic heterocycles. The topological polar surface area (TPSA) is 75.6 Å². The fourth-order valence-electron chi connectivity index (χ4n) is 1.54. The number of hydrogen-bond acceptors (Lipinski definition) is 3. The van der Waals surface area contributed by atoms with Gasteiger partial charge in [0.1, 0.15) is 6.61 Å². The van der Waals surface area contributed by atoms with Gasteiger partial charge in [0.2, 0.25) is 5.91 Å². The SMILES string of the molecule is CCC(C)OCC(=O)Nc1ccc(CCC(=O)O)cc1. The van der Waals surface area contributed by atoms with Crippen LogP contribution in [0.2, 0.25) is 0 Å². The minimum Gasteiger partial charge on any atom is -0.481 e. The van der Waals surface area contributed by atoms with Crippen LogP contribution in [0.1, 0.15) is 32.3 Å². The van der Waals surface area contributed by atoms with E-state index in [2.05, 4.69) is 5.32 Å². The third kappa shape index (κ3) is 6.33.